The van der Waals surface area contributed by atoms with Crippen molar-refractivity contribution in [1.82, 2.24) is 4.90 Å². The van der Waals surface area contributed by atoms with Crippen LogP contribution in [0.15, 0.2) is 0 Å². The molecule has 0 aromatic rings. The van der Waals surface area contributed by atoms with Gasteiger partial charge in [0.2, 0.25) is 5.91 Å². The van der Waals surface area contributed by atoms with Crippen LogP contribution in [0.4, 0.5) is 0 Å². The molecule has 2 aliphatic rings. The highest BCUT2D eigenvalue weighted by molar-refractivity contribution is 5.77. The van der Waals surface area contributed by atoms with Crippen molar-refractivity contribution in [3.63, 3.8) is 0 Å². The van der Waals surface area contributed by atoms with Crippen molar-refractivity contribution in [2.75, 3.05) is 39.5 Å². The number of likely N-dealkylation sites (tertiary alicyclic amines) is 1. The van der Waals surface area contributed by atoms with E-state index in [2.05, 4.69) is 0 Å². The summed E-state index contributed by atoms with van der Waals surface area (Å²) in [4.78, 5) is 14.8. The largest absolute Gasteiger partial charge is 0.370 e. The van der Waals surface area contributed by atoms with Crippen LogP contribution in [0.5, 0.6) is 0 Å². The smallest absolute Gasteiger partial charge is 0.226 e. The molecule has 0 unspecified atom stereocenters. The first-order valence-electron chi connectivity index (χ1n) is 5.05. The van der Waals surface area contributed by atoms with E-state index in [1.165, 1.54) is 4.90 Å². The summed E-state index contributed by atoms with van der Waals surface area (Å²) in [5.74, 6) is 0.332. The summed E-state index contributed by atoms with van der Waals surface area (Å²) in [5.41, 5.74) is 0. The van der Waals surface area contributed by atoms with E-state index in [1.807, 2.05) is 4.90 Å². The monoisotopic (exact) mass is 185 g/mol. The molecule has 4 nitrogen and oxygen atoms in total. The lowest BCUT2D eigenvalue weighted by molar-refractivity contribution is -0.916. The van der Waals surface area contributed by atoms with Crippen molar-refractivity contribution in [3.05, 3.63) is 0 Å². The van der Waals surface area contributed by atoms with E-state index in [0.29, 0.717) is 5.91 Å². The molecule has 0 spiro atoms. The minimum atomic E-state index is 0.332. The highest BCUT2D eigenvalue weighted by Gasteiger charge is 2.25. The van der Waals surface area contributed by atoms with E-state index in [0.717, 1.165) is 52.4 Å². The Balaban J connectivity index is 1.79. The minimum absolute atomic E-state index is 0.332. The van der Waals surface area contributed by atoms with Gasteiger partial charge < -0.3 is 9.64 Å². The lowest BCUT2D eigenvalue weighted by Crippen LogP contribution is -3.15. The topological polar surface area (TPSA) is 34.0 Å². The summed E-state index contributed by atoms with van der Waals surface area (Å²) in [6.45, 7) is 5.63. The first kappa shape index (κ1) is 8.97. The van der Waals surface area contributed by atoms with Gasteiger partial charge in [0.1, 0.15) is 13.1 Å². The second-order valence-corrected chi connectivity index (χ2v) is 3.78. The molecule has 2 fully saturated rings. The molecular formula is C9H17N2O2+. The Morgan fingerprint density at radius 3 is 2.77 bits per heavy atom. The van der Waals surface area contributed by atoms with E-state index in [4.69, 9.17) is 4.74 Å². The first-order valence-corrected chi connectivity index (χ1v) is 5.05. The second-order valence-electron chi connectivity index (χ2n) is 3.78. The number of carbonyl (C=O) groups excluding carboxylic acids is 1. The fourth-order valence-electron chi connectivity index (χ4n) is 1.96. The van der Waals surface area contributed by atoms with Crippen molar-refractivity contribution in [2.45, 2.75) is 12.8 Å². The first-order chi connectivity index (χ1) is 6.36. The van der Waals surface area contributed by atoms with Gasteiger partial charge in [-0.2, -0.15) is 0 Å². The van der Waals surface area contributed by atoms with Crippen molar-refractivity contribution in [1.29, 1.82) is 0 Å². The van der Waals surface area contributed by atoms with Gasteiger partial charge in [-0.05, 0) is 6.42 Å². The fraction of sp³-hybridized carbons (Fsp3) is 0.889. The van der Waals surface area contributed by atoms with Crippen LogP contribution in [0.3, 0.4) is 0 Å². The highest BCUT2D eigenvalue weighted by Crippen LogP contribution is 2.06. The highest BCUT2D eigenvalue weighted by atomic mass is 16.5. The number of ether oxygens (including phenoxy) is 1. The molecule has 4 heteroatoms. The molecule has 2 rings (SSSR count). The number of nitrogens with one attached hydrogen (secondary N) is 1. The predicted molar refractivity (Wildman–Crippen MR) is 47.3 cm³/mol. The molecule has 0 aliphatic carbocycles. The molecule has 0 bridgehead atoms. The third-order valence-electron chi connectivity index (χ3n) is 2.79. The molecule has 74 valence electrons. The van der Waals surface area contributed by atoms with Gasteiger partial charge in [-0.25, -0.2) is 0 Å². The van der Waals surface area contributed by atoms with E-state index in [9.17, 15) is 4.79 Å². The standard InChI is InChI=1S/C9H16N2O2/c12-9-2-1-3-11(9)8-10-4-6-13-7-5-10/h1-8H2/p+1. The lowest BCUT2D eigenvalue weighted by atomic mass is 10.4. The van der Waals surface area contributed by atoms with Crippen LogP contribution in [0.2, 0.25) is 0 Å². The molecule has 2 heterocycles. The maximum atomic E-state index is 11.3. The molecule has 13 heavy (non-hydrogen) atoms. The number of carbonyl (C=O) groups is 1. The average Bonchev–Trinajstić information content (AvgIpc) is 2.54. The minimum Gasteiger partial charge on any atom is -0.370 e. The van der Waals surface area contributed by atoms with Gasteiger partial charge in [0.15, 0.2) is 6.67 Å². The van der Waals surface area contributed by atoms with Gasteiger partial charge >= 0.3 is 0 Å². The van der Waals surface area contributed by atoms with Crippen LogP contribution in [0.1, 0.15) is 12.8 Å². The number of hydrogen-bond donors (Lipinski definition) is 1. The van der Waals surface area contributed by atoms with Gasteiger partial charge in [0.25, 0.3) is 0 Å². The van der Waals surface area contributed by atoms with E-state index in [1.54, 1.807) is 0 Å². The number of morpholine rings is 1. The molecule has 0 radical (unpaired) electrons. The summed E-state index contributed by atoms with van der Waals surface area (Å²) in [6.07, 6.45) is 1.80. The Bertz CT molecular complexity index is 190. The zero-order valence-corrected chi connectivity index (χ0v) is 7.92. The van der Waals surface area contributed by atoms with Crippen molar-refractivity contribution < 1.29 is 14.4 Å². The van der Waals surface area contributed by atoms with Crippen LogP contribution in [-0.4, -0.2) is 50.3 Å². The Kier molecular flexibility index (Phi) is 2.80. The Morgan fingerprint density at radius 1 is 1.38 bits per heavy atom. The fourth-order valence-corrected chi connectivity index (χ4v) is 1.96. The Morgan fingerprint density at radius 2 is 2.15 bits per heavy atom. The Labute approximate surface area is 78.4 Å². The third kappa shape index (κ3) is 2.19. The quantitative estimate of drug-likeness (QED) is 0.567. The van der Waals surface area contributed by atoms with Gasteiger partial charge in [-0.15, -0.1) is 0 Å². The second kappa shape index (κ2) is 4.07. The van der Waals surface area contributed by atoms with Gasteiger partial charge in [0, 0.05) is 13.0 Å². The molecule has 0 atom stereocenters. The molecule has 1 N–H and O–H groups in total. The maximum Gasteiger partial charge on any atom is 0.226 e. The van der Waals surface area contributed by atoms with Gasteiger partial charge in [-0.1, -0.05) is 0 Å². The van der Waals surface area contributed by atoms with Crippen molar-refractivity contribution >= 4 is 5.91 Å². The average molecular weight is 185 g/mol. The summed E-state index contributed by atoms with van der Waals surface area (Å²) in [7, 11) is 0. The molecule has 1 amide bonds. The van der Waals surface area contributed by atoms with Gasteiger partial charge in [-0.3, -0.25) is 9.69 Å². The van der Waals surface area contributed by atoms with E-state index in [-0.39, 0.29) is 0 Å². The van der Waals surface area contributed by atoms with Crippen molar-refractivity contribution in [2.24, 2.45) is 0 Å². The van der Waals surface area contributed by atoms with Crippen LogP contribution in [0, 0.1) is 0 Å². The van der Waals surface area contributed by atoms with Crippen LogP contribution < -0.4 is 4.90 Å². The summed E-state index contributed by atoms with van der Waals surface area (Å²) in [5, 5.41) is 0. The lowest BCUT2D eigenvalue weighted by Gasteiger charge is -2.27. The number of amides is 1. The Hall–Kier alpha value is -0.610. The predicted octanol–water partition coefficient (Wildman–Crippen LogP) is -1.52. The van der Waals surface area contributed by atoms with E-state index < -0.39 is 0 Å². The number of nitrogens with zero attached hydrogens (tertiary/aromatic N) is 1. The molecule has 0 saturated carbocycles. The number of rotatable bonds is 2. The normalized spacial score (nSPS) is 25.5. The number of hydrogen-bond acceptors (Lipinski definition) is 2. The number of quaternary nitrogens is 1. The summed E-state index contributed by atoms with van der Waals surface area (Å²) < 4.78 is 5.27. The van der Waals surface area contributed by atoms with Crippen LogP contribution in [-0.2, 0) is 9.53 Å². The molecule has 0 aromatic carbocycles. The summed E-state index contributed by atoms with van der Waals surface area (Å²) in [6, 6.07) is 0. The molecule has 2 aliphatic heterocycles. The van der Waals surface area contributed by atoms with Gasteiger partial charge in [0.05, 0.1) is 13.2 Å². The SMILES string of the molecule is O=C1CCCN1C[NH+]1CCOCC1. The van der Waals surface area contributed by atoms with Crippen LogP contribution in [0.25, 0.3) is 0 Å². The molecule has 0 aromatic heterocycles. The molecule has 2 saturated heterocycles. The zero-order chi connectivity index (χ0) is 9.10. The maximum absolute atomic E-state index is 11.3. The molecular weight excluding hydrogens is 168 g/mol. The van der Waals surface area contributed by atoms with Crippen LogP contribution >= 0.6 is 0 Å². The zero-order valence-electron chi connectivity index (χ0n) is 7.92. The third-order valence-corrected chi connectivity index (χ3v) is 2.79. The van der Waals surface area contributed by atoms with E-state index >= 15 is 0 Å². The summed E-state index contributed by atoms with van der Waals surface area (Å²) >= 11 is 0. The van der Waals surface area contributed by atoms with Crippen molar-refractivity contribution in [3.8, 4) is 0 Å².